The summed E-state index contributed by atoms with van der Waals surface area (Å²) >= 11 is 4.48. The summed E-state index contributed by atoms with van der Waals surface area (Å²) in [7, 11) is 1.71. The lowest BCUT2D eigenvalue weighted by Crippen LogP contribution is -2.48. The number of anilines is 1. The number of nitrogens with zero attached hydrogens (tertiary/aromatic N) is 2. The summed E-state index contributed by atoms with van der Waals surface area (Å²) in [5, 5.41) is 0.349. The molecule has 0 amide bonds. The quantitative estimate of drug-likeness (QED) is 0.830. The molecule has 2 rings (SSSR count). The van der Waals surface area contributed by atoms with Gasteiger partial charge in [-0.3, -0.25) is 4.90 Å². The molecule has 1 aliphatic rings. The van der Waals surface area contributed by atoms with Gasteiger partial charge in [0, 0.05) is 37.9 Å². The van der Waals surface area contributed by atoms with Crippen LogP contribution in [0.2, 0.25) is 0 Å². The maximum atomic E-state index is 5.26. The Bertz CT molecular complexity index is 362. The van der Waals surface area contributed by atoms with Crippen molar-refractivity contribution in [2.75, 3.05) is 38.2 Å². The number of benzene rings is 1. The van der Waals surface area contributed by atoms with Crippen LogP contribution in [-0.4, -0.2) is 43.6 Å². The zero-order valence-electron chi connectivity index (χ0n) is 10.5. The second-order valence-corrected chi connectivity index (χ2v) is 5.10. The van der Waals surface area contributed by atoms with Gasteiger partial charge in [-0.1, -0.05) is 6.07 Å². The molecule has 0 spiro atoms. The smallest absolute Gasteiger partial charge is 0.120 e. The molecular weight excluding hydrogens is 232 g/mol. The maximum Gasteiger partial charge on any atom is 0.120 e. The van der Waals surface area contributed by atoms with E-state index in [1.54, 1.807) is 7.11 Å². The van der Waals surface area contributed by atoms with Crippen LogP contribution in [0.4, 0.5) is 5.69 Å². The third kappa shape index (κ3) is 3.07. The molecule has 0 bridgehead atoms. The molecule has 1 saturated heterocycles. The van der Waals surface area contributed by atoms with Gasteiger partial charge in [-0.15, -0.1) is 0 Å². The van der Waals surface area contributed by atoms with E-state index in [0.29, 0.717) is 5.37 Å². The molecule has 1 heterocycles. The first-order valence-electron chi connectivity index (χ1n) is 6.02. The largest absolute Gasteiger partial charge is 0.497 e. The second-order valence-electron chi connectivity index (χ2n) is 4.36. The van der Waals surface area contributed by atoms with Gasteiger partial charge in [-0.25, -0.2) is 0 Å². The monoisotopic (exact) mass is 252 g/mol. The molecule has 94 valence electrons. The molecule has 0 aromatic heterocycles. The third-order valence-electron chi connectivity index (χ3n) is 3.26. The molecule has 1 aromatic carbocycles. The third-order valence-corrected chi connectivity index (χ3v) is 3.59. The number of methoxy groups -OCH3 is 1. The van der Waals surface area contributed by atoms with Crippen molar-refractivity contribution in [3.05, 3.63) is 24.3 Å². The van der Waals surface area contributed by atoms with Crippen molar-refractivity contribution in [3.63, 3.8) is 0 Å². The van der Waals surface area contributed by atoms with Crippen molar-refractivity contribution in [1.29, 1.82) is 0 Å². The normalized spacial score (nSPS) is 19.1. The Labute approximate surface area is 109 Å². The second kappa shape index (κ2) is 5.65. The van der Waals surface area contributed by atoms with Crippen molar-refractivity contribution in [2.24, 2.45) is 0 Å². The van der Waals surface area contributed by atoms with E-state index >= 15 is 0 Å². The predicted octanol–water partition coefficient (Wildman–Crippen LogP) is 2.09. The summed E-state index contributed by atoms with van der Waals surface area (Å²) in [6.07, 6.45) is 0. The van der Waals surface area contributed by atoms with Crippen LogP contribution in [-0.2, 0) is 0 Å². The maximum absolute atomic E-state index is 5.26. The molecule has 1 unspecified atom stereocenters. The Morgan fingerprint density at radius 2 is 1.94 bits per heavy atom. The highest BCUT2D eigenvalue weighted by Gasteiger charge is 2.19. The SMILES string of the molecule is COc1cccc(N2CCN(C(C)S)CC2)c1. The first-order valence-corrected chi connectivity index (χ1v) is 6.53. The van der Waals surface area contributed by atoms with Crippen LogP contribution in [0, 0.1) is 0 Å². The lowest BCUT2D eigenvalue weighted by molar-refractivity contribution is 0.252. The Balaban J connectivity index is 2.00. The van der Waals surface area contributed by atoms with Crippen LogP contribution < -0.4 is 9.64 Å². The highest BCUT2D eigenvalue weighted by molar-refractivity contribution is 7.80. The summed E-state index contributed by atoms with van der Waals surface area (Å²) < 4.78 is 5.26. The van der Waals surface area contributed by atoms with Gasteiger partial charge in [0.15, 0.2) is 0 Å². The fourth-order valence-corrected chi connectivity index (χ4v) is 2.39. The molecule has 1 fully saturated rings. The van der Waals surface area contributed by atoms with Crippen LogP contribution in [0.5, 0.6) is 5.75 Å². The van der Waals surface area contributed by atoms with Gasteiger partial charge in [-0.2, -0.15) is 12.6 Å². The van der Waals surface area contributed by atoms with Gasteiger partial charge in [-0.05, 0) is 19.1 Å². The van der Waals surface area contributed by atoms with E-state index in [0.717, 1.165) is 31.9 Å². The fourth-order valence-electron chi connectivity index (χ4n) is 2.16. The first-order chi connectivity index (χ1) is 8.20. The predicted molar refractivity (Wildman–Crippen MR) is 75.2 cm³/mol. The highest BCUT2D eigenvalue weighted by atomic mass is 32.1. The summed E-state index contributed by atoms with van der Waals surface area (Å²) in [6.45, 7) is 6.38. The van der Waals surface area contributed by atoms with Crippen LogP contribution in [0.3, 0.4) is 0 Å². The minimum atomic E-state index is 0.349. The van der Waals surface area contributed by atoms with Crippen molar-refractivity contribution in [2.45, 2.75) is 12.3 Å². The van der Waals surface area contributed by atoms with Crippen molar-refractivity contribution in [3.8, 4) is 5.75 Å². The van der Waals surface area contributed by atoms with E-state index < -0.39 is 0 Å². The van der Waals surface area contributed by atoms with E-state index in [1.165, 1.54) is 5.69 Å². The number of piperazine rings is 1. The topological polar surface area (TPSA) is 15.7 Å². The van der Waals surface area contributed by atoms with Crippen molar-refractivity contribution < 1.29 is 4.74 Å². The molecule has 0 radical (unpaired) electrons. The van der Waals surface area contributed by atoms with Crippen LogP contribution in [0.15, 0.2) is 24.3 Å². The molecule has 3 nitrogen and oxygen atoms in total. The molecule has 4 heteroatoms. The average Bonchev–Trinajstić information content (AvgIpc) is 2.39. The summed E-state index contributed by atoms with van der Waals surface area (Å²) in [5.74, 6) is 0.924. The van der Waals surface area contributed by atoms with Gasteiger partial charge in [0.25, 0.3) is 0 Å². The zero-order chi connectivity index (χ0) is 12.3. The van der Waals surface area contributed by atoms with Gasteiger partial charge in [0.2, 0.25) is 0 Å². The standard InChI is InChI=1S/C13H20N2OS/c1-11(17)14-6-8-15(9-7-14)12-4-3-5-13(10-12)16-2/h3-5,10-11,17H,6-9H2,1-2H3. The molecule has 1 aromatic rings. The summed E-state index contributed by atoms with van der Waals surface area (Å²) in [5.41, 5.74) is 1.25. The molecular formula is C13H20N2OS. The van der Waals surface area contributed by atoms with E-state index in [4.69, 9.17) is 4.74 Å². The van der Waals surface area contributed by atoms with E-state index in [-0.39, 0.29) is 0 Å². The number of hydrogen-bond acceptors (Lipinski definition) is 4. The average molecular weight is 252 g/mol. The first kappa shape index (κ1) is 12.6. The van der Waals surface area contributed by atoms with Crippen LogP contribution in [0.1, 0.15) is 6.92 Å². The Morgan fingerprint density at radius 3 is 2.53 bits per heavy atom. The number of hydrogen-bond donors (Lipinski definition) is 1. The Morgan fingerprint density at radius 1 is 1.24 bits per heavy atom. The lowest BCUT2D eigenvalue weighted by Gasteiger charge is -2.37. The number of rotatable bonds is 3. The summed E-state index contributed by atoms with van der Waals surface area (Å²) in [4.78, 5) is 4.79. The Hall–Kier alpha value is -0.870. The summed E-state index contributed by atoms with van der Waals surface area (Å²) in [6, 6.07) is 8.26. The number of ether oxygens (including phenoxy) is 1. The van der Waals surface area contributed by atoms with Crippen LogP contribution in [0.25, 0.3) is 0 Å². The fraction of sp³-hybridized carbons (Fsp3) is 0.538. The zero-order valence-corrected chi connectivity index (χ0v) is 11.4. The highest BCUT2D eigenvalue weighted by Crippen LogP contribution is 2.22. The molecule has 1 aliphatic heterocycles. The molecule has 1 atom stereocenters. The molecule has 0 saturated carbocycles. The Kier molecular flexibility index (Phi) is 4.18. The van der Waals surface area contributed by atoms with Gasteiger partial charge in [0.05, 0.1) is 12.5 Å². The minimum Gasteiger partial charge on any atom is -0.497 e. The van der Waals surface area contributed by atoms with Gasteiger partial charge in [0.1, 0.15) is 5.75 Å². The van der Waals surface area contributed by atoms with Gasteiger partial charge >= 0.3 is 0 Å². The van der Waals surface area contributed by atoms with Crippen LogP contribution >= 0.6 is 12.6 Å². The van der Waals surface area contributed by atoms with Crippen molar-refractivity contribution in [1.82, 2.24) is 4.90 Å². The van der Waals surface area contributed by atoms with Crippen molar-refractivity contribution >= 4 is 18.3 Å². The van der Waals surface area contributed by atoms with Gasteiger partial charge < -0.3 is 9.64 Å². The molecule has 0 N–H and O–H groups in total. The molecule has 17 heavy (non-hydrogen) atoms. The van der Waals surface area contributed by atoms with E-state index in [2.05, 4.69) is 41.5 Å². The molecule has 0 aliphatic carbocycles. The van der Waals surface area contributed by atoms with E-state index in [1.807, 2.05) is 12.1 Å². The van der Waals surface area contributed by atoms with E-state index in [9.17, 15) is 0 Å². The lowest BCUT2D eigenvalue weighted by atomic mass is 10.2. The number of thiol groups is 1. The minimum absolute atomic E-state index is 0.349.